The second-order valence-corrected chi connectivity index (χ2v) is 4.97. The van der Waals surface area contributed by atoms with Gasteiger partial charge in [-0.3, -0.25) is 0 Å². The van der Waals surface area contributed by atoms with Crippen molar-refractivity contribution in [2.75, 3.05) is 18.1 Å². The number of aromatic nitrogens is 2. The van der Waals surface area contributed by atoms with Gasteiger partial charge in [-0.2, -0.15) is 0 Å². The minimum absolute atomic E-state index is 0.244. The molecule has 1 aliphatic carbocycles. The molecule has 1 aromatic rings. The molecule has 100 valence electrons. The molecule has 1 fully saturated rings. The Bertz CT molecular complexity index is 391. The molecule has 0 spiro atoms. The van der Waals surface area contributed by atoms with Crippen molar-refractivity contribution in [2.45, 2.75) is 52.0 Å². The zero-order valence-electron chi connectivity index (χ0n) is 11.4. The molecule has 0 saturated heterocycles. The smallest absolute Gasteiger partial charge is 0.132 e. The zero-order valence-corrected chi connectivity index (χ0v) is 11.4. The van der Waals surface area contributed by atoms with Crippen molar-refractivity contribution < 1.29 is 5.11 Å². The first-order valence-electron chi connectivity index (χ1n) is 6.96. The predicted molar refractivity (Wildman–Crippen MR) is 72.8 cm³/mol. The van der Waals surface area contributed by atoms with E-state index in [0.717, 1.165) is 36.7 Å². The van der Waals surface area contributed by atoms with Gasteiger partial charge in [0.05, 0.1) is 0 Å². The van der Waals surface area contributed by atoms with Gasteiger partial charge in [-0.25, -0.2) is 9.97 Å². The van der Waals surface area contributed by atoms with E-state index >= 15 is 0 Å². The Labute approximate surface area is 109 Å². The Kier molecular flexibility index (Phi) is 4.53. The molecule has 0 radical (unpaired) electrons. The van der Waals surface area contributed by atoms with Gasteiger partial charge in [0, 0.05) is 31.0 Å². The standard InChI is InChI=1S/C14H23N3O/c1-3-12-10-14(16-11(2)15-12)17(8-5-9-18)13-6-4-7-13/h10,13,18H,3-9H2,1-2H3. The molecule has 4 nitrogen and oxygen atoms in total. The molecule has 0 atom stereocenters. The third-order valence-electron chi connectivity index (χ3n) is 3.61. The fourth-order valence-electron chi connectivity index (χ4n) is 2.36. The molecule has 1 N–H and O–H groups in total. The average molecular weight is 249 g/mol. The van der Waals surface area contributed by atoms with Gasteiger partial charge in [0.25, 0.3) is 0 Å². The van der Waals surface area contributed by atoms with Crippen LogP contribution in [0.15, 0.2) is 6.07 Å². The topological polar surface area (TPSA) is 49.2 Å². The highest BCUT2D eigenvalue weighted by Crippen LogP contribution is 2.29. The molecule has 1 saturated carbocycles. The Hall–Kier alpha value is -1.16. The largest absolute Gasteiger partial charge is 0.396 e. The van der Waals surface area contributed by atoms with Gasteiger partial charge in [-0.1, -0.05) is 6.92 Å². The van der Waals surface area contributed by atoms with E-state index in [-0.39, 0.29) is 6.61 Å². The van der Waals surface area contributed by atoms with Crippen molar-refractivity contribution in [2.24, 2.45) is 0 Å². The average Bonchev–Trinajstić information content (AvgIpc) is 2.31. The van der Waals surface area contributed by atoms with E-state index in [4.69, 9.17) is 5.11 Å². The molecule has 4 heteroatoms. The fourth-order valence-corrected chi connectivity index (χ4v) is 2.36. The molecule has 18 heavy (non-hydrogen) atoms. The van der Waals surface area contributed by atoms with Crippen molar-refractivity contribution >= 4 is 5.82 Å². The maximum Gasteiger partial charge on any atom is 0.132 e. The van der Waals surface area contributed by atoms with Crippen LogP contribution in [0.3, 0.4) is 0 Å². The van der Waals surface area contributed by atoms with E-state index < -0.39 is 0 Å². The van der Waals surface area contributed by atoms with E-state index in [0.29, 0.717) is 6.04 Å². The first-order chi connectivity index (χ1) is 8.74. The molecule has 0 unspecified atom stereocenters. The van der Waals surface area contributed by atoms with Crippen LogP contribution in [-0.4, -0.2) is 34.3 Å². The van der Waals surface area contributed by atoms with Crippen LogP contribution in [0.4, 0.5) is 5.82 Å². The van der Waals surface area contributed by atoms with Gasteiger partial charge >= 0.3 is 0 Å². The summed E-state index contributed by atoms with van der Waals surface area (Å²) in [6.45, 7) is 5.20. The Balaban J connectivity index is 2.19. The van der Waals surface area contributed by atoms with Gasteiger partial charge in [-0.15, -0.1) is 0 Å². The van der Waals surface area contributed by atoms with Crippen molar-refractivity contribution in [3.05, 3.63) is 17.6 Å². The van der Waals surface area contributed by atoms with Gasteiger partial charge in [0.1, 0.15) is 11.6 Å². The van der Waals surface area contributed by atoms with Crippen molar-refractivity contribution in [3.8, 4) is 0 Å². The number of aryl methyl sites for hydroxylation is 2. The van der Waals surface area contributed by atoms with Crippen molar-refractivity contribution in [1.82, 2.24) is 9.97 Å². The molecular formula is C14H23N3O. The normalized spacial score (nSPS) is 15.5. The maximum absolute atomic E-state index is 9.03. The minimum atomic E-state index is 0.244. The van der Waals surface area contributed by atoms with E-state index in [1.165, 1.54) is 19.3 Å². The summed E-state index contributed by atoms with van der Waals surface area (Å²) < 4.78 is 0. The summed E-state index contributed by atoms with van der Waals surface area (Å²) in [4.78, 5) is 11.4. The molecule has 0 aliphatic heterocycles. The number of hydrogen-bond donors (Lipinski definition) is 1. The van der Waals surface area contributed by atoms with Crippen LogP contribution < -0.4 is 4.90 Å². The Morgan fingerprint density at radius 1 is 1.39 bits per heavy atom. The van der Waals surface area contributed by atoms with Crippen LogP contribution in [0.25, 0.3) is 0 Å². The fraction of sp³-hybridized carbons (Fsp3) is 0.714. The number of rotatable bonds is 6. The maximum atomic E-state index is 9.03. The van der Waals surface area contributed by atoms with Gasteiger partial charge < -0.3 is 10.0 Å². The summed E-state index contributed by atoms with van der Waals surface area (Å²) in [7, 11) is 0. The first-order valence-corrected chi connectivity index (χ1v) is 6.96. The third kappa shape index (κ3) is 2.99. The van der Waals surface area contributed by atoms with Gasteiger partial charge in [-0.05, 0) is 39.0 Å². The summed E-state index contributed by atoms with van der Waals surface area (Å²) in [5.74, 6) is 1.88. The molecule has 1 aromatic heterocycles. The summed E-state index contributed by atoms with van der Waals surface area (Å²) >= 11 is 0. The lowest BCUT2D eigenvalue weighted by molar-refractivity contribution is 0.282. The van der Waals surface area contributed by atoms with Gasteiger partial charge in [0.15, 0.2) is 0 Å². The lowest BCUT2D eigenvalue weighted by Crippen LogP contribution is -2.41. The summed E-state index contributed by atoms with van der Waals surface area (Å²) in [5.41, 5.74) is 1.10. The highest BCUT2D eigenvalue weighted by molar-refractivity contribution is 5.41. The lowest BCUT2D eigenvalue weighted by atomic mass is 9.91. The second-order valence-electron chi connectivity index (χ2n) is 4.97. The molecule has 0 bridgehead atoms. The van der Waals surface area contributed by atoms with Crippen molar-refractivity contribution in [1.29, 1.82) is 0 Å². The number of aliphatic hydroxyl groups is 1. The van der Waals surface area contributed by atoms with Crippen LogP contribution >= 0.6 is 0 Å². The van der Waals surface area contributed by atoms with Crippen molar-refractivity contribution in [3.63, 3.8) is 0 Å². The summed E-state index contributed by atoms with van der Waals surface area (Å²) in [5, 5.41) is 9.03. The van der Waals surface area contributed by atoms with Crippen LogP contribution in [0, 0.1) is 6.92 Å². The van der Waals surface area contributed by atoms with Gasteiger partial charge in [0.2, 0.25) is 0 Å². The number of anilines is 1. The Morgan fingerprint density at radius 2 is 2.17 bits per heavy atom. The monoisotopic (exact) mass is 249 g/mol. The lowest BCUT2D eigenvalue weighted by Gasteiger charge is -2.38. The summed E-state index contributed by atoms with van der Waals surface area (Å²) in [6.07, 6.45) is 5.55. The van der Waals surface area contributed by atoms with Crippen LogP contribution in [0.2, 0.25) is 0 Å². The Morgan fingerprint density at radius 3 is 2.72 bits per heavy atom. The quantitative estimate of drug-likeness (QED) is 0.838. The SMILES string of the molecule is CCc1cc(N(CCCO)C2CCC2)nc(C)n1. The molecule has 1 aliphatic rings. The third-order valence-corrected chi connectivity index (χ3v) is 3.61. The van der Waals surface area contributed by atoms with E-state index in [1.807, 2.05) is 6.92 Å². The predicted octanol–water partition coefficient (Wildman–Crippen LogP) is 2.09. The second kappa shape index (κ2) is 6.14. The van der Waals surface area contributed by atoms with Crippen LogP contribution in [-0.2, 0) is 6.42 Å². The first kappa shape index (κ1) is 13.3. The van der Waals surface area contributed by atoms with E-state index in [2.05, 4.69) is 27.9 Å². The number of aliphatic hydroxyl groups excluding tert-OH is 1. The molecule has 1 heterocycles. The van der Waals surface area contributed by atoms with Crippen LogP contribution in [0.5, 0.6) is 0 Å². The molecule has 0 aromatic carbocycles. The number of nitrogens with zero attached hydrogens (tertiary/aromatic N) is 3. The van der Waals surface area contributed by atoms with E-state index in [1.54, 1.807) is 0 Å². The highest BCUT2D eigenvalue weighted by atomic mass is 16.3. The molecule has 0 amide bonds. The molecular weight excluding hydrogens is 226 g/mol. The zero-order chi connectivity index (χ0) is 13.0. The summed E-state index contributed by atoms with van der Waals surface area (Å²) in [6, 6.07) is 2.71. The highest BCUT2D eigenvalue weighted by Gasteiger charge is 2.26. The molecule has 2 rings (SSSR count). The minimum Gasteiger partial charge on any atom is -0.396 e. The van der Waals surface area contributed by atoms with E-state index in [9.17, 15) is 0 Å². The van der Waals surface area contributed by atoms with Crippen LogP contribution in [0.1, 0.15) is 44.1 Å². The number of hydrogen-bond acceptors (Lipinski definition) is 4.